The molecule has 0 fully saturated rings. The number of nitrogens with one attached hydrogen (secondary N) is 1. The normalized spacial score (nSPS) is 13.1. The van der Waals surface area contributed by atoms with Crippen molar-refractivity contribution < 1.29 is 13.2 Å². The summed E-state index contributed by atoms with van der Waals surface area (Å²) in [6.45, 7) is 2.27. The van der Waals surface area contributed by atoms with Gasteiger partial charge < -0.3 is 5.32 Å². The monoisotopic (exact) mass is 217 g/mol. The maximum atomic E-state index is 12.6. The highest BCUT2D eigenvalue weighted by Gasteiger charge is 2.19. The second-order valence-corrected chi connectivity index (χ2v) is 3.33. The molecular formula is C11H14F3N. The van der Waals surface area contributed by atoms with Crippen LogP contribution in [-0.4, -0.2) is 19.0 Å². The van der Waals surface area contributed by atoms with E-state index >= 15 is 0 Å². The van der Waals surface area contributed by atoms with E-state index < -0.39 is 12.5 Å². The van der Waals surface area contributed by atoms with Gasteiger partial charge >= 0.3 is 0 Å². The van der Waals surface area contributed by atoms with Crippen molar-refractivity contribution in [3.8, 4) is 0 Å². The van der Waals surface area contributed by atoms with E-state index in [1.807, 2.05) is 0 Å². The molecule has 15 heavy (non-hydrogen) atoms. The molecule has 4 heteroatoms. The fourth-order valence-electron chi connectivity index (χ4n) is 1.39. The number of alkyl halides is 2. The van der Waals surface area contributed by atoms with Gasteiger partial charge in [-0.05, 0) is 30.7 Å². The van der Waals surface area contributed by atoms with E-state index in [0.29, 0.717) is 12.1 Å². The van der Waals surface area contributed by atoms with Crippen molar-refractivity contribution in [1.82, 2.24) is 5.32 Å². The minimum atomic E-state index is -2.41. The second kappa shape index (κ2) is 5.75. The molecule has 1 aromatic rings. The molecule has 1 atom stereocenters. The van der Waals surface area contributed by atoms with Gasteiger partial charge in [-0.3, -0.25) is 0 Å². The quantitative estimate of drug-likeness (QED) is 0.799. The molecule has 1 N–H and O–H groups in total. The third kappa shape index (κ3) is 3.91. The maximum absolute atomic E-state index is 12.6. The Balaban J connectivity index is 2.61. The van der Waals surface area contributed by atoms with Gasteiger partial charge in [0.15, 0.2) is 0 Å². The van der Waals surface area contributed by atoms with Gasteiger partial charge in [0.2, 0.25) is 0 Å². The van der Waals surface area contributed by atoms with E-state index in [2.05, 4.69) is 5.32 Å². The highest BCUT2D eigenvalue weighted by molar-refractivity contribution is 5.17. The standard InChI is InChI=1S/C11H14F3N/c1-2-15-10(11(13)14)7-8-3-5-9(12)6-4-8/h3-6,10-11,15H,2,7H2,1H3. The van der Waals surface area contributed by atoms with Crippen LogP contribution in [0.1, 0.15) is 12.5 Å². The highest BCUT2D eigenvalue weighted by atomic mass is 19.3. The lowest BCUT2D eigenvalue weighted by Crippen LogP contribution is -2.37. The molecule has 1 nitrogen and oxygen atoms in total. The smallest absolute Gasteiger partial charge is 0.254 e. The third-order valence-corrected chi connectivity index (χ3v) is 2.14. The fourth-order valence-corrected chi connectivity index (χ4v) is 1.39. The Morgan fingerprint density at radius 3 is 2.27 bits per heavy atom. The molecule has 0 aliphatic carbocycles. The molecule has 0 bridgehead atoms. The van der Waals surface area contributed by atoms with Crippen LogP contribution in [-0.2, 0) is 6.42 Å². The molecule has 0 aliphatic rings. The molecule has 0 aromatic heterocycles. The lowest BCUT2D eigenvalue weighted by molar-refractivity contribution is 0.0991. The largest absolute Gasteiger partial charge is 0.309 e. The Morgan fingerprint density at radius 1 is 1.20 bits per heavy atom. The van der Waals surface area contributed by atoms with Crippen LogP contribution in [0.5, 0.6) is 0 Å². The van der Waals surface area contributed by atoms with Crippen LogP contribution in [0, 0.1) is 5.82 Å². The van der Waals surface area contributed by atoms with Crippen molar-refractivity contribution in [2.45, 2.75) is 25.8 Å². The Labute approximate surface area is 87.3 Å². The van der Waals surface area contributed by atoms with Gasteiger partial charge in [0.05, 0.1) is 6.04 Å². The molecule has 0 saturated carbocycles. The van der Waals surface area contributed by atoms with Crippen molar-refractivity contribution in [1.29, 1.82) is 0 Å². The van der Waals surface area contributed by atoms with Crippen molar-refractivity contribution in [2.75, 3.05) is 6.54 Å². The summed E-state index contributed by atoms with van der Waals surface area (Å²) in [6.07, 6.45) is -2.19. The SMILES string of the molecule is CCNC(Cc1ccc(F)cc1)C(F)F. The van der Waals surface area contributed by atoms with Gasteiger partial charge in [-0.25, -0.2) is 13.2 Å². The number of rotatable bonds is 5. The van der Waals surface area contributed by atoms with E-state index in [1.165, 1.54) is 24.3 Å². The average Bonchev–Trinajstić information content (AvgIpc) is 2.20. The van der Waals surface area contributed by atoms with Crippen LogP contribution in [0.25, 0.3) is 0 Å². The summed E-state index contributed by atoms with van der Waals surface area (Å²) in [5, 5.41) is 2.70. The highest BCUT2D eigenvalue weighted by Crippen LogP contribution is 2.10. The van der Waals surface area contributed by atoms with E-state index in [4.69, 9.17) is 0 Å². The van der Waals surface area contributed by atoms with Gasteiger partial charge in [0.25, 0.3) is 6.43 Å². The van der Waals surface area contributed by atoms with Crippen LogP contribution in [0.2, 0.25) is 0 Å². The summed E-state index contributed by atoms with van der Waals surface area (Å²) >= 11 is 0. The number of halogens is 3. The van der Waals surface area contributed by atoms with Gasteiger partial charge in [0.1, 0.15) is 5.82 Å². The van der Waals surface area contributed by atoms with Gasteiger partial charge in [-0.1, -0.05) is 19.1 Å². The van der Waals surface area contributed by atoms with Crippen molar-refractivity contribution >= 4 is 0 Å². The molecule has 1 unspecified atom stereocenters. The first-order chi connectivity index (χ1) is 7.13. The number of benzene rings is 1. The molecule has 0 spiro atoms. The summed E-state index contributed by atoms with van der Waals surface area (Å²) < 4.78 is 37.6. The molecule has 0 heterocycles. The Hall–Kier alpha value is -1.03. The summed E-state index contributed by atoms with van der Waals surface area (Å²) in [5.41, 5.74) is 0.711. The molecule has 0 saturated heterocycles. The molecule has 0 amide bonds. The molecule has 84 valence electrons. The van der Waals surface area contributed by atoms with Gasteiger partial charge in [-0.15, -0.1) is 0 Å². The molecular weight excluding hydrogens is 203 g/mol. The zero-order chi connectivity index (χ0) is 11.3. The average molecular weight is 217 g/mol. The van der Waals surface area contributed by atoms with Crippen molar-refractivity contribution in [3.05, 3.63) is 35.6 Å². The Bertz CT molecular complexity index is 284. The van der Waals surface area contributed by atoms with Crippen LogP contribution in [0.4, 0.5) is 13.2 Å². The van der Waals surface area contributed by atoms with Crippen molar-refractivity contribution in [2.24, 2.45) is 0 Å². The van der Waals surface area contributed by atoms with E-state index in [1.54, 1.807) is 6.92 Å². The van der Waals surface area contributed by atoms with Gasteiger partial charge in [-0.2, -0.15) is 0 Å². The minimum absolute atomic E-state index is 0.214. The van der Waals surface area contributed by atoms with E-state index in [9.17, 15) is 13.2 Å². The topological polar surface area (TPSA) is 12.0 Å². The fraction of sp³-hybridized carbons (Fsp3) is 0.455. The van der Waals surface area contributed by atoms with Crippen LogP contribution in [0.3, 0.4) is 0 Å². The van der Waals surface area contributed by atoms with Gasteiger partial charge in [0, 0.05) is 0 Å². The third-order valence-electron chi connectivity index (χ3n) is 2.14. The number of hydrogen-bond acceptors (Lipinski definition) is 1. The number of hydrogen-bond donors (Lipinski definition) is 1. The van der Waals surface area contributed by atoms with Crippen molar-refractivity contribution in [3.63, 3.8) is 0 Å². The maximum Gasteiger partial charge on any atom is 0.254 e. The predicted octanol–water partition coefficient (Wildman–Crippen LogP) is 2.61. The van der Waals surface area contributed by atoms with E-state index in [-0.39, 0.29) is 12.2 Å². The second-order valence-electron chi connectivity index (χ2n) is 3.33. The van der Waals surface area contributed by atoms with Crippen LogP contribution in [0.15, 0.2) is 24.3 Å². The van der Waals surface area contributed by atoms with E-state index in [0.717, 1.165) is 0 Å². The van der Waals surface area contributed by atoms with Crippen LogP contribution >= 0.6 is 0 Å². The first-order valence-corrected chi connectivity index (χ1v) is 4.89. The Kier molecular flexibility index (Phi) is 4.62. The predicted molar refractivity (Wildman–Crippen MR) is 53.6 cm³/mol. The molecule has 0 aliphatic heterocycles. The molecule has 1 aromatic carbocycles. The minimum Gasteiger partial charge on any atom is -0.309 e. The summed E-state index contributed by atoms with van der Waals surface area (Å²) in [5.74, 6) is -0.351. The summed E-state index contributed by atoms with van der Waals surface area (Å²) in [7, 11) is 0. The number of likely N-dealkylation sites (N-methyl/N-ethyl adjacent to an activating group) is 1. The first-order valence-electron chi connectivity index (χ1n) is 4.89. The summed E-state index contributed by atoms with van der Waals surface area (Å²) in [6, 6.07) is 4.76. The molecule has 1 rings (SSSR count). The summed E-state index contributed by atoms with van der Waals surface area (Å²) in [4.78, 5) is 0. The van der Waals surface area contributed by atoms with Crippen LogP contribution < -0.4 is 5.32 Å². The first kappa shape index (κ1) is 12.0. The zero-order valence-corrected chi connectivity index (χ0v) is 8.51. The lowest BCUT2D eigenvalue weighted by atomic mass is 10.1. The lowest BCUT2D eigenvalue weighted by Gasteiger charge is -2.16. The Morgan fingerprint density at radius 2 is 1.80 bits per heavy atom. The molecule has 0 radical (unpaired) electrons. The zero-order valence-electron chi connectivity index (χ0n) is 8.51.